The van der Waals surface area contributed by atoms with E-state index in [4.69, 9.17) is 0 Å². The van der Waals surface area contributed by atoms with Gasteiger partial charge in [0, 0.05) is 15.7 Å². The van der Waals surface area contributed by atoms with Gasteiger partial charge in [-0.3, -0.25) is 9.36 Å². The third-order valence-corrected chi connectivity index (χ3v) is 5.99. The van der Waals surface area contributed by atoms with Crippen LogP contribution in [-0.4, -0.2) is 32.6 Å². The fourth-order valence-electron chi connectivity index (χ4n) is 3.05. The Bertz CT molecular complexity index is 1240. The van der Waals surface area contributed by atoms with Crippen molar-refractivity contribution >= 4 is 39.8 Å². The van der Waals surface area contributed by atoms with Crippen LogP contribution in [0.25, 0.3) is 17.1 Å². The van der Waals surface area contributed by atoms with Crippen LogP contribution in [0.4, 0.5) is 0 Å². The highest BCUT2D eigenvalue weighted by atomic mass is 79.9. The average Bonchev–Trinajstić information content (AvgIpc) is 3.23. The molecule has 0 aliphatic rings. The summed E-state index contributed by atoms with van der Waals surface area (Å²) in [5.74, 6) is 0.659. The first kappa shape index (κ1) is 22.0. The lowest BCUT2D eigenvalue weighted by atomic mass is 10.2. The number of halogens is 1. The second-order valence-electron chi connectivity index (χ2n) is 6.98. The zero-order valence-corrected chi connectivity index (χ0v) is 19.7. The summed E-state index contributed by atoms with van der Waals surface area (Å²) in [6.45, 7) is 2.01. The van der Waals surface area contributed by atoms with Crippen LogP contribution in [0.1, 0.15) is 11.1 Å². The molecule has 1 heterocycles. The summed E-state index contributed by atoms with van der Waals surface area (Å²) in [5.41, 5.74) is 6.50. The molecule has 3 aromatic carbocycles. The van der Waals surface area contributed by atoms with Crippen LogP contribution in [0.3, 0.4) is 0 Å². The lowest BCUT2D eigenvalue weighted by Gasteiger charge is -2.10. The summed E-state index contributed by atoms with van der Waals surface area (Å²) >= 11 is 4.78. The van der Waals surface area contributed by atoms with Gasteiger partial charge < -0.3 is 0 Å². The van der Waals surface area contributed by atoms with Gasteiger partial charge in [0.1, 0.15) is 0 Å². The standard InChI is InChI=1S/C24H20BrN5OS/c1-17-6-5-7-18(14-17)15-26-27-22(31)16-32-24-29-28-23(19-10-12-20(25)13-11-19)30(24)21-8-3-2-4-9-21/h2-15H,16H2,1H3,(H,27,31)/b26-15+. The third kappa shape index (κ3) is 5.52. The Morgan fingerprint density at radius 3 is 2.59 bits per heavy atom. The van der Waals surface area contributed by atoms with E-state index in [2.05, 4.69) is 36.7 Å². The van der Waals surface area contributed by atoms with Gasteiger partial charge in [-0.05, 0) is 36.8 Å². The molecular weight excluding hydrogens is 486 g/mol. The number of nitrogens with one attached hydrogen (secondary N) is 1. The van der Waals surface area contributed by atoms with E-state index < -0.39 is 0 Å². The van der Waals surface area contributed by atoms with Gasteiger partial charge in [-0.25, -0.2) is 5.43 Å². The molecule has 0 fully saturated rings. The number of hydrogen-bond acceptors (Lipinski definition) is 5. The van der Waals surface area contributed by atoms with Crippen molar-refractivity contribution in [2.75, 3.05) is 5.75 Å². The van der Waals surface area contributed by atoms with E-state index in [1.807, 2.05) is 90.4 Å². The molecule has 1 aromatic heterocycles. The first-order valence-electron chi connectivity index (χ1n) is 9.88. The van der Waals surface area contributed by atoms with Gasteiger partial charge in [-0.1, -0.05) is 87.9 Å². The fraction of sp³-hybridized carbons (Fsp3) is 0.0833. The summed E-state index contributed by atoms with van der Waals surface area (Å²) in [6, 6.07) is 25.6. The summed E-state index contributed by atoms with van der Waals surface area (Å²) in [5, 5.41) is 13.4. The van der Waals surface area contributed by atoms with Crippen molar-refractivity contribution in [2.24, 2.45) is 5.10 Å². The number of aromatic nitrogens is 3. The fourth-order valence-corrected chi connectivity index (χ4v) is 4.06. The molecule has 1 N–H and O–H groups in total. The van der Waals surface area contributed by atoms with Crippen molar-refractivity contribution in [3.8, 4) is 17.1 Å². The van der Waals surface area contributed by atoms with E-state index in [-0.39, 0.29) is 11.7 Å². The number of carbonyl (C=O) groups is 1. The maximum absolute atomic E-state index is 12.3. The van der Waals surface area contributed by atoms with Gasteiger partial charge in [0.05, 0.1) is 12.0 Å². The van der Waals surface area contributed by atoms with Crippen LogP contribution < -0.4 is 5.43 Å². The average molecular weight is 506 g/mol. The molecule has 0 spiro atoms. The van der Waals surface area contributed by atoms with Gasteiger partial charge in [-0.15, -0.1) is 10.2 Å². The minimum Gasteiger partial charge on any atom is -0.272 e. The van der Waals surface area contributed by atoms with E-state index in [9.17, 15) is 4.79 Å². The number of aryl methyl sites for hydroxylation is 1. The van der Waals surface area contributed by atoms with Crippen LogP contribution in [0.5, 0.6) is 0 Å². The second kappa shape index (κ2) is 10.4. The molecule has 0 bridgehead atoms. The highest BCUT2D eigenvalue weighted by Gasteiger charge is 2.17. The Labute approximate surface area is 198 Å². The smallest absolute Gasteiger partial charge is 0.250 e. The molecule has 8 heteroatoms. The lowest BCUT2D eigenvalue weighted by molar-refractivity contribution is -0.118. The Morgan fingerprint density at radius 1 is 1.06 bits per heavy atom. The number of rotatable bonds is 7. The highest BCUT2D eigenvalue weighted by molar-refractivity contribution is 9.10. The first-order chi connectivity index (χ1) is 15.6. The van der Waals surface area contributed by atoms with Gasteiger partial charge in [-0.2, -0.15) is 5.10 Å². The molecule has 4 aromatic rings. The third-order valence-electron chi connectivity index (χ3n) is 4.53. The lowest BCUT2D eigenvalue weighted by Crippen LogP contribution is -2.20. The monoisotopic (exact) mass is 505 g/mol. The van der Waals surface area contributed by atoms with E-state index in [0.717, 1.165) is 26.9 Å². The van der Waals surface area contributed by atoms with E-state index in [1.54, 1.807) is 6.21 Å². The van der Waals surface area contributed by atoms with Crippen LogP contribution in [0.2, 0.25) is 0 Å². The van der Waals surface area contributed by atoms with Crippen LogP contribution in [0.15, 0.2) is 93.6 Å². The minimum atomic E-state index is -0.216. The molecule has 0 saturated heterocycles. The molecule has 0 aliphatic heterocycles. The zero-order valence-electron chi connectivity index (χ0n) is 17.3. The number of nitrogens with zero attached hydrogens (tertiary/aromatic N) is 4. The zero-order chi connectivity index (χ0) is 22.3. The Morgan fingerprint density at radius 2 is 1.84 bits per heavy atom. The van der Waals surface area contributed by atoms with Crippen molar-refractivity contribution in [3.63, 3.8) is 0 Å². The summed E-state index contributed by atoms with van der Waals surface area (Å²) in [4.78, 5) is 12.3. The predicted molar refractivity (Wildman–Crippen MR) is 132 cm³/mol. The number of amides is 1. The molecule has 32 heavy (non-hydrogen) atoms. The number of hydrazone groups is 1. The largest absolute Gasteiger partial charge is 0.272 e. The van der Waals surface area contributed by atoms with Crippen molar-refractivity contribution in [1.29, 1.82) is 0 Å². The highest BCUT2D eigenvalue weighted by Crippen LogP contribution is 2.28. The predicted octanol–water partition coefficient (Wildman–Crippen LogP) is 5.25. The van der Waals surface area contributed by atoms with Crippen molar-refractivity contribution in [1.82, 2.24) is 20.2 Å². The summed E-state index contributed by atoms with van der Waals surface area (Å²) in [6.07, 6.45) is 1.63. The van der Waals surface area contributed by atoms with E-state index in [0.29, 0.717) is 11.0 Å². The first-order valence-corrected chi connectivity index (χ1v) is 11.7. The maximum atomic E-state index is 12.3. The topological polar surface area (TPSA) is 72.2 Å². The van der Waals surface area contributed by atoms with Gasteiger partial charge >= 0.3 is 0 Å². The summed E-state index contributed by atoms with van der Waals surface area (Å²) < 4.78 is 2.95. The number of carbonyl (C=O) groups excluding carboxylic acids is 1. The number of hydrogen-bond donors (Lipinski definition) is 1. The van der Waals surface area contributed by atoms with E-state index in [1.165, 1.54) is 11.8 Å². The van der Waals surface area contributed by atoms with Crippen LogP contribution >= 0.6 is 27.7 Å². The normalized spacial score (nSPS) is 11.1. The second-order valence-corrected chi connectivity index (χ2v) is 8.84. The van der Waals surface area contributed by atoms with Gasteiger partial charge in [0.15, 0.2) is 11.0 Å². The molecule has 160 valence electrons. The summed E-state index contributed by atoms with van der Waals surface area (Å²) in [7, 11) is 0. The molecular formula is C24H20BrN5OS. The van der Waals surface area contributed by atoms with Gasteiger partial charge in [0.25, 0.3) is 5.91 Å². The molecule has 4 rings (SSSR count). The molecule has 0 atom stereocenters. The number of thioether (sulfide) groups is 1. The van der Waals surface area contributed by atoms with Crippen LogP contribution in [-0.2, 0) is 4.79 Å². The Kier molecular flexibility index (Phi) is 7.14. The molecule has 1 amide bonds. The molecule has 0 radical (unpaired) electrons. The van der Waals surface area contributed by atoms with Crippen molar-refractivity contribution in [3.05, 3.63) is 94.5 Å². The SMILES string of the molecule is Cc1cccc(/C=N/NC(=O)CSc2nnc(-c3ccc(Br)cc3)n2-c2ccccc2)c1. The Hall–Kier alpha value is -3.23. The van der Waals surface area contributed by atoms with E-state index >= 15 is 0 Å². The maximum Gasteiger partial charge on any atom is 0.250 e. The van der Waals surface area contributed by atoms with Crippen molar-refractivity contribution < 1.29 is 4.79 Å². The molecule has 0 unspecified atom stereocenters. The van der Waals surface area contributed by atoms with Gasteiger partial charge in [0.2, 0.25) is 0 Å². The number of para-hydroxylation sites is 1. The minimum absolute atomic E-state index is 0.163. The quantitative estimate of drug-likeness (QED) is 0.211. The molecule has 0 aliphatic carbocycles. The van der Waals surface area contributed by atoms with Crippen molar-refractivity contribution in [2.45, 2.75) is 12.1 Å². The molecule has 6 nitrogen and oxygen atoms in total. The number of benzene rings is 3. The van der Waals surface area contributed by atoms with Crippen LogP contribution in [0, 0.1) is 6.92 Å². The Balaban J connectivity index is 1.49. The molecule has 0 saturated carbocycles.